The third-order valence-corrected chi connectivity index (χ3v) is 3.90. The number of aromatic nitrogens is 1. The maximum absolute atomic E-state index is 14.0. The molecule has 0 bridgehead atoms. The number of anilines is 2. The molecule has 0 aliphatic rings. The molecule has 9 heteroatoms. The molecule has 2 rings (SSSR count). The van der Waals surface area contributed by atoms with E-state index >= 15 is 0 Å². The number of hydrogen-bond donors (Lipinski definition) is 1. The molecular weight excluding hydrogens is 350 g/mol. The molecule has 1 aromatic carbocycles. The van der Waals surface area contributed by atoms with E-state index in [1.54, 1.807) is 6.07 Å². The molecule has 0 saturated carbocycles. The molecule has 0 aliphatic carbocycles. The summed E-state index contributed by atoms with van der Waals surface area (Å²) in [5, 5.41) is 12.9. The molecule has 25 heavy (non-hydrogen) atoms. The van der Waals surface area contributed by atoms with Gasteiger partial charge in [-0.25, -0.2) is 13.8 Å². The maximum atomic E-state index is 14.0. The summed E-state index contributed by atoms with van der Waals surface area (Å²) >= 11 is 1.01. The Bertz CT molecular complexity index is 902. The van der Waals surface area contributed by atoms with Crippen LogP contribution in [0, 0.1) is 23.0 Å². The first-order valence-electron chi connectivity index (χ1n) is 6.92. The molecule has 1 heterocycles. The van der Waals surface area contributed by atoms with Gasteiger partial charge in [0, 0.05) is 25.4 Å². The van der Waals surface area contributed by atoms with Crippen molar-refractivity contribution in [3.8, 4) is 6.07 Å². The molecule has 0 saturated heterocycles. The molecule has 1 N–H and O–H groups in total. The first-order valence-corrected chi connectivity index (χ1v) is 7.80. The molecule has 0 fully saturated rings. The van der Waals surface area contributed by atoms with E-state index in [-0.39, 0.29) is 22.1 Å². The largest absolute Gasteiger partial charge is 0.354 e. The van der Waals surface area contributed by atoms with Crippen LogP contribution in [-0.4, -0.2) is 23.8 Å². The molecule has 0 atom stereocenters. The number of nitrogens with one attached hydrogen (secondary N) is 1. The minimum Gasteiger partial charge on any atom is -0.354 e. The molecule has 6 nitrogen and oxygen atoms in total. The summed E-state index contributed by atoms with van der Waals surface area (Å²) in [4.78, 5) is 28.6. The van der Waals surface area contributed by atoms with Crippen LogP contribution in [0.2, 0.25) is 0 Å². The molecular formula is C16H12F2N4O2S. The van der Waals surface area contributed by atoms with Crippen molar-refractivity contribution in [2.24, 2.45) is 0 Å². The SMILES string of the molecule is CNC(=O)/C(C#N)=C/c1csc(N(C(C)=O)c2ccc(F)cc2F)n1. The Kier molecular flexibility index (Phi) is 5.56. The quantitative estimate of drug-likeness (QED) is 0.669. The second kappa shape index (κ2) is 7.63. The van der Waals surface area contributed by atoms with Gasteiger partial charge in [0.05, 0.1) is 11.4 Å². The van der Waals surface area contributed by atoms with Gasteiger partial charge >= 0.3 is 0 Å². The zero-order chi connectivity index (χ0) is 18.6. The van der Waals surface area contributed by atoms with Gasteiger partial charge < -0.3 is 5.32 Å². The smallest absolute Gasteiger partial charge is 0.261 e. The van der Waals surface area contributed by atoms with Gasteiger partial charge in [0.25, 0.3) is 5.91 Å². The van der Waals surface area contributed by atoms with Gasteiger partial charge in [-0.15, -0.1) is 11.3 Å². The Morgan fingerprint density at radius 2 is 2.12 bits per heavy atom. The number of amides is 2. The predicted molar refractivity (Wildman–Crippen MR) is 88.9 cm³/mol. The summed E-state index contributed by atoms with van der Waals surface area (Å²) in [6.07, 6.45) is 1.25. The molecule has 0 aliphatic heterocycles. The normalized spacial score (nSPS) is 10.9. The van der Waals surface area contributed by atoms with E-state index in [2.05, 4.69) is 10.3 Å². The second-order valence-corrected chi connectivity index (χ2v) is 5.59. The van der Waals surface area contributed by atoms with Gasteiger partial charge in [-0.1, -0.05) is 0 Å². The lowest BCUT2D eigenvalue weighted by atomic mass is 10.2. The van der Waals surface area contributed by atoms with Crippen molar-refractivity contribution in [2.75, 3.05) is 11.9 Å². The Balaban J connectivity index is 2.44. The number of carbonyl (C=O) groups excluding carboxylic acids is 2. The van der Waals surface area contributed by atoms with Crippen molar-refractivity contribution in [2.45, 2.75) is 6.92 Å². The third kappa shape index (κ3) is 4.05. The predicted octanol–water partition coefficient (Wildman–Crippen LogP) is 2.76. The number of benzene rings is 1. The Labute approximate surface area is 146 Å². The van der Waals surface area contributed by atoms with Gasteiger partial charge in [0.2, 0.25) is 5.91 Å². The van der Waals surface area contributed by atoms with E-state index in [0.717, 1.165) is 28.4 Å². The van der Waals surface area contributed by atoms with Gasteiger partial charge in [0.1, 0.15) is 23.3 Å². The summed E-state index contributed by atoms with van der Waals surface area (Å²) in [6.45, 7) is 1.21. The third-order valence-electron chi connectivity index (χ3n) is 3.05. The van der Waals surface area contributed by atoms with Gasteiger partial charge in [-0.2, -0.15) is 5.26 Å². The summed E-state index contributed by atoms with van der Waals surface area (Å²) < 4.78 is 27.1. The second-order valence-electron chi connectivity index (χ2n) is 4.75. The molecule has 128 valence electrons. The molecule has 0 radical (unpaired) electrons. The molecule has 2 aromatic rings. The number of nitrogens with zero attached hydrogens (tertiary/aromatic N) is 3. The highest BCUT2D eigenvalue weighted by Crippen LogP contribution is 2.31. The van der Waals surface area contributed by atoms with Crippen LogP contribution >= 0.6 is 11.3 Å². The van der Waals surface area contributed by atoms with Crippen molar-refractivity contribution < 1.29 is 18.4 Å². The summed E-state index contributed by atoms with van der Waals surface area (Å²) in [7, 11) is 1.38. The van der Waals surface area contributed by atoms with E-state index in [4.69, 9.17) is 5.26 Å². The van der Waals surface area contributed by atoms with Crippen LogP contribution < -0.4 is 10.2 Å². The molecule has 1 aromatic heterocycles. The van der Waals surface area contributed by atoms with E-state index in [9.17, 15) is 18.4 Å². The number of thiazole rings is 1. The average Bonchev–Trinajstić information content (AvgIpc) is 3.02. The molecule has 2 amide bonds. The number of hydrogen-bond acceptors (Lipinski definition) is 5. The highest BCUT2D eigenvalue weighted by molar-refractivity contribution is 7.14. The van der Waals surface area contributed by atoms with Crippen LogP contribution in [-0.2, 0) is 9.59 Å². The minimum absolute atomic E-state index is 0.124. The fraction of sp³-hybridized carbons (Fsp3) is 0.125. The zero-order valence-corrected chi connectivity index (χ0v) is 14.0. The van der Waals surface area contributed by atoms with Gasteiger partial charge in [-0.3, -0.25) is 14.5 Å². The van der Waals surface area contributed by atoms with E-state index in [1.165, 1.54) is 25.4 Å². The first kappa shape index (κ1) is 18.2. The van der Waals surface area contributed by atoms with Crippen LogP contribution in [0.15, 0.2) is 29.2 Å². The Morgan fingerprint density at radius 1 is 1.40 bits per heavy atom. The lowest BCUT2D eigenvalue weighted by Crippen LogP contribution is -2.23. The number of rotatable bonds is 4. The first-order chi connectivity index (χ1) is 11.9. The average molecular weight is 362 g/mol. The van der Waals surface area contributed by atoms with Crippen LogP contribution in [0.4, 0.5) is 19.6 Å². The molecule has 0 spiro atoms. The number of halogens is 2. The Morgan fingerprint density at radius 3 is 2.68 bits per heavy atom. The van der Waals surface area contributed by atoms with Crippen molar-refractivity contribution in [3.63, 3.8) is 0 Å². The molecule has 0 unspecified atom stereocenters. The minimum atomic E-state index is -0.912. The van der Waals surface area contributed by atoms with Gasteiger partial charge in [-0.05, 0) is 18.2 Å². The number of carbonyl (C=O) groups is 2. The van der Waals surface area contributed by atoms with E-state index < -0.39 is 23.4 Å². The van der Waals surface area contributed by atoms with Crippen LogP contribution in [0.1, 0.15) is 12.6 Å². The van der Waals surface area contributed by atoms with Crippen LogP contribution in [0.25, 0.3) is 6.08 Å². The summed E-state index contributed by atoms with van der Waals surface area (Å²) in [5.74, 6) is -2.78. The number of nitriles is 1. The highest BCUT2D eigenvalue weighted by Gasteiger charge is 2.21. The fourth-order valence-corrected chi connectivity index (χ4v) is 2.78. The lowest BCUT2D eigenvalue weighted by Gasteiger charge is -2.18. The van der Waals surface area contributed by atoms with Crippen LogP contribution in [0.3, 0.4) is 0 Å². The zero-order valence-electron chi connectivity index (χ0n) is 13.2. The van der Waals surface area contributed by atoms with Crippen molar-refractivity contribution in [1.82, 2.24) is 10.3 Å². The Hall–Kier alpha value is -3.12. The summed E-state index contributed by atoms with van der Waals surface area (Å²) in [6, 6.07) is 4.57. The fourth-order valence-electron chi connectivity index (χ4n) is 1.95. The topological polar surface area (TPSA) is 86.1 Å². The van der Waals surface area contributed by atoms with Gasteiger partial charge in [0.15, 0.2) is 5.13 Å². The monoisotopic (exact) mass is 362 g/mol. The maximum Gasteiger partial charge on any atom is 0.261 e. The van der Waals surface area contributed by atoms with Crippen LogP contribution in [0.5, 0.6) is 0 Å². The van der Waals surface area contributed by atoms with E-state index in [0.29, 0.717) is 6.07 Å². The summed E-state index contributed by atoms with van der Waals surface area (Å²) in [5.41, 5.74) is -0.0544. The van der Waals surface area contributed by atoms with E-state index in [1.807, 2.05) is 0 Å². The lowest BCUT2D eigenvalue weighted by molar-refractivity contribution is -0.117. The number of likely N-dealkylation sites (N-methyl/N-ethyl adjacent to an activating group) is 1. The van der Waals surface area contributed by atoms with Crippen molar-refractivity contribution >= 4 is 40.0 Å². The highest BCUT2D eigenvalue weighted by atomic mass is 32.1. The standard InChI is InChI=1S/C16H12F2N4O2S/c1-9(23)22(14-4-3-11(17)6-13(14)18)16-21-12(8-25-16)5-10(7-19)15(24)20-2/h3-6,8H,1-2H3,(H,20,24)/b10-5+. The van der Waals surface area contributed by atoms with Crippen molar-refractivity contribution in [1.29, 1.82) is 5.26 Å². The van der Waals surface area contributed by atoms with Crippen molar-refractivity contribution in [3.05, 3.63) is 46.5 Å².